The van der Waals surface area contributed by atoms with E-state index in [4.69, 9.17) is 0 Å². The standard InChI is InChI=1S/C17H18N3O4.BrH/c1-18(2)11-16(21)13-6-8-19(9-7-13)12-17(22)14-4-3-5-15(10-14)20(23)24;/h3-10H,11-12H2,1-2H3;1H/q+1;/p-1. The maximum atomic E-state index is 12.2. The molecule has 0 unspecified atom stereocenters. The average molecular weight is 408 g/mol. The van der Waals surface area contributed by atoms with Crippen molar-refractivity contribution in [3.8, 4) is 0 Å². The summed E-state index contributed by atoms with van der Waals surface area (Å²) in [6.45, 7) is 0.361. The molecular formula is C17H18BrN3O4. The van der Waals surface area contributed by atoms with Crippen molar-refractivity contribution in [1.82, 2.24) is 4.90 Å². The SMILES string of the molecule is CN(C)CC(=O)c1cc[n+](CC(=O)c2cccc([N+](=O)[O-])c2)cc1.[Br-]. The largest absolute Gasteiger partial charge is 1.00 e. The number of halogens is 1. The minimum atomic E-state index is -0.533. The zero-order valence-corrected chi connectivity index (χ0v) is 15.5. The van der Waals surface area contributed by atoms with Crippen molar-refractivity contribution in [3.05, 3.63) is 70.0 Å². The molecule has 0 N–H and O–H groups in total. The quantitative estimate of drug-likeness (QED) is 0.241. The Morgan fingerprint density at radius 3 is 2.28 bits per heavy atom. The van der Waals surface area contributed by atoms with Crippen LogP contribution in [0.25, 0.3) is 0 Å². The van der Waals surface area contributed by atoms with Crippen LogP contribution >= 0.6 is 0 Å². The normalized spacial score (nSPS) is 10.2. The molecule has 0 radical (unpaired) electrons. The summed E-state index contributed by atoms with van der Waals surface area (Å²) in [5, 5.41) is 10.8. The summed E-state index contributed by atoms with van der Waals surface area (Å²) in [7, 11) is 3.64. The van der Waals surface area contributed by atoms with Crippen molar-refractivity contribution >= 4 is 17.3 Å². The molecule has 1 aromatic carbocycles. The summed E-state index contributed by atoms with van der Waals surface area (Å²) in [6.07, 6.45) is 3.30. The number of carbonyl (C=O) groups excluding carboxylic acids is 2. The van der Waals surface area contributed by atoms with Gasteiger partial charge in [-0.2, -0.15) is 4.57 Å². The van der Waals surface area contributed by atoms with Crippen LogP contribution in [0.5, 0.6) is 0 Å². The fourth-order valence-corrected chi connectivity index (χ4v) is 2.18. The van der Waals surface area contributed by atoms with Gasteiger partial charge in [-0.1, -0.05) is 12.1 Å². The highest BCUT2D eigenvalue weighted by atomic mass is 79.9. The van der Waals surface area contributed by atoms with Crippen LogP contribution < -0.4 is 21.5 Å². The van der Waals surface area contributed by atoms with Gasteiger partial charge in [0.05, 0.1) is 11.5 Å². The molecule has 0 bridgehead atoms. The van der Waals surface area contributed by atoms with Crippen molar-refractivity contribution < 1.29 is 36.1 Å². The van der Waals surface area contributed by atoms with Gasteiger partial charge in [-0.15, -0.1) is 0 Å². The van der Waals surface area contributed by atoms with Crippen LogP contribution in [0.3, 0.4) is 0 Å². The lowest BCUT2D eigenvalue weighted by Crippen LogP contribution is -3.00. The van der Waals surface area contributed by atoms with E-state index in [0.717, 1.165) is 0 Å². The van der Waals surface area contributed by atoms with E-state index in [0.29, 0.717) is 12.1 Å². The lowest BCUT2D eigenvalue weighted by Gasteiger charge is -2.07. The van der Waals surface area contributed by atoms with Gasteiger partial charge in [0.15, 0.2) is 18.2 Å². The Balaban J connectivity index is 0.00000312. The number of pyridine rings is 1. The number of likely N-dealkylation sites (N-methyl/N-ethyl adjacent to an activating group) is 1. The van der Waals surface area contributed by atoms with Crippen molar-refractivity contribution in [1.29, 1.82) is 0 Å². The van der Waals surface area contributed by atoms with Gasteiger partial charge in [-0.25, -0.2) is 0 Å². The molecule has 2 rings (SSSR count). The number of nitrogens with zero attached hydrogens (tertiary/aromatic N) is 3. The maximum absolute atomic E-state index is 12.2. The van der Waals surface area contributed by atoms with Crippen LogP contribution in [-0.2, 0) is 6.54 Å². The van der Waals surface area contributed by atoms with Gasteiger partial charge in [0, 0.05) is 35.4 Å². The molecule has 1 aromatic heterocycles. The molecule has 0 saturated heterocycles. The van der Waals surface area contributed by atoms with E-state index < -0.39 is 4.92 Å². The van der Waals surface area contributed by atoms with Crippen LogP contribution in [0.4, 0.5) is 5.69 Å². The molecule has 1 heterocycles. The number of ketones is 2. The summed E-state index contributed by atoms with van der Waals surface area (Å²) in [5.74, 6) is -0.242. The van der Waals surface area contributed by atoms with E-state index >= 15 is 0 Å². The van der Waals surface area contributed by atoms with Crippen LogP contribution in [-0.4, -0.2) is 42.0 Å². The molecule has 0 amide bonds. The first-order chi connectivity index (χ1) is 11.4. The fourth-order valence-electron chi connectivity index (χ4n) is 2.18. The van der Waals surface area contributed by atoms with Crippen LogP contribution in [0.2, 0.25) is 0 Å². The first-order valence-corrected chi connectivity index (χ1v) is 7.31. The number of hydrogen-bond donors (Lipinski definition) is 0. The van der Waals surface area contributed by atoms with E-state index in [1.807, 2.05) is 14.1 Å². The Kier molecular flexibility index (Phi) is 7.53. The van der Waals surface area contributed by atoms with Crippen LogP contribution in [0, 0.1) is 10.1 Å². The van der Waals surface area contributed by atoms with E-state index in [2.05, 4.69) is 0 Å². The minimum absolute atomic E-state index is 0. The van der Waals surface area contributed by atoms with E-state index in [9.17, 15) is 19.7 Å². The number of rotatable bonds is 7. The molecule has 8 heteroatoms. The summed E-state index contributed by atoms with van der Waals surface area (Å²) in [4.78, 5) is 36.2. The predicted octanol–water partition coefficient (Wildman–Crippen LogP) is -1.49. The molecule has 0 aliphatic heterocycles. The average Bonchev–Trinajstić information content (AvgIpc) is 2.55. The van der Waals surface area contributed by atoms with E-state index in [1.54, 1.807) is 40.1 Å². The molecule has 0 aliphatic rings. The molecule has 0 spiro atoms. The van der Waals surface area contributed by atoms with E-state index in [-0.39, 0.29) is 46.3 Å². The second-order valence-electron chi connectivity index (χ2n) is 5.65. The summed E-state index contributed by atoms with van der Waals surface area (Å²) in [6, 6.07) is 8.95. The number of aromatic nitrogens is 1. The first-order valence-electron chi connectivity index (χ1n) is 7.31. The van der Waals surface area contributed by atoms with Gasteiger partial charge in [-0.3, -0.25) is 19.7 Å². The Bertz CT molecular complexity index is 776. The monoisotopic (exact) mass is 407 g/mol. The second-order valence-corrected chi connectivity index (χ2v) is 5.65. The number of hydrogen-bond acceptors (Lipinski definition) is 5. The highest BCUT2D eigenvalue weighted by Gasteiger charge is 2.16. The molecule has 7 nitrogen and oxygen atoms in total. The highest BCUT2D eigenvalue weighted by Crippen LogP contribution is 2.13. The summed E-state index contributed by atoms with van der Waals surface area (Å²) in [5.41, 5.74) is 0.739. The molecule has 132 valence electrons. The number of nitro groups is 1. The van der Waals surface area contributed by atoms with Gasteiger partial charge in [0.25, 0.3) is 5.69 Å². The van der Waals surface area contributed by atoms with Crippen LogP contribution in [0.15, 0.2) is 48.8 Å². The molecular weight excluding hydrogens is 390 g/mol. The fraction of sp³-hybridized carbons (Fsp3) is 0.235. The molecule has 25 heavy (non-hydrogen) atoms. The topological polar surface area (TPSA) is 84.4 Å². The maximum Gasteiger partial charge on any atom is 0.270 e. The van der Waals surface area contributed by atoms with E-state index in [1.165, 1.54) is 18.2 Å². The van der Waals surface area contributed by atoms with Gasteiger partial charge >= 0.3 is 0 Å². The Labute approximate surface area is 155 Å². The van der Waals surface area contributed by atoms with Gasteiger partial charge in [0.1, 0.15) is 0 Å². The third-order valence-corrected chi connectivity index (χ3v) is 3.38. The minimum Gasteiger partial charge on any atom is -1.00 e. The number of carbonyl (C=O) groups is 2. The number of nitro benzene ring substituents is 1. The second kappa shape index (κ2) is 9.14. The zero-order valence-electron chi connectivity index (χ0n) is 13.9. The molecule has 0 atom stereocenters. The lowest BCUT2D eigenvalue weighted by atomic mass is 10.1. The summed E-state index contributed by atoms with van der Waals surface area (Å²) < 4.78 is 1.63. The zero-order chi connectivity index (χ0) is 17.7. The third-order valence-electron chi connectivity index (χ3n) is 3.38. The number of non-ortho nitro benzene ring substituents is 1. The summed E-state index contributed by atoms with van der Waals surface area (Å²) >= 11 is 0. The highest BCUT2D eigenvalue weighted by molar-refractivity contribution is 5.97. The van der Waals surface area contributed by atoms with Crippen molar-refractivity contribution in [2.45, 2.75) is 6.54 Å². The van der Waals surface area contributed by atoms with Gasteiger partial charge < -0.3 is 21.9 Å². The van der Waals surface area contributed by atoms with Crippen molar-refractivity contribution in [2.24, 2.45) is 0 Å². The molecule has 0 aliphatic carbocycles. The van der Waals surface area contributed by atoms with Crippen LogP contribution in [0.1, 0.15) is 20.7 Å². The van der Waals surface area contributed by atoms with Gasteiger partial charge in [0.2, 0.25) is 12.3 Å². The smallest absolute Gasteiger partial charge is 0.270 e. The number of Topliss-reactive ketones (excluding diaryl/α,β-unsaturated/α-hetero) is 2. The van der Waals surface area contributed by atoms with Crippen molar-refractivity contribution in [2.75, 3.05) is 20.6 Å². The van der Waals surface area contributed by atoms with Crippen molar-refractivity contribution in [3.63, 3.8) is 0 Å². The Hall–Kier alpha value is -2.45. The number of benzene rings is 1. The third kappa shape index (κ3) is 5.84. The Morgan fingerprint density at radius 2 is 1.72 bits per heavy atom. The lowest BCUT2D eigenvalue weighted by molar-refractivity contribution is -0.683. The molecule has 0 fully saturated rings. The van der Waals surface area contributed by atoms with Gasteiger partial charge in [-0.05, 0) is 14.1 Å². The molecule has 2 aromatic rings. The Morgan fingerprint density at radius 1 is 1.08 bits per heavy atom. The molecule has 0 saturated carbocycles. The first kappa shape index (κ1) is 20.6. The predicted molar refractivity (Wildman–Crippen MR) is 86.9 cm³/mol.